The molecule has 0 saturated heterocycles. The molecule has 0 bridgehead atoms. The van der Waals surface area contributed by atoms with Gasteiger partial charge in [0.25, 0.3) is 0 Å². The van der Waals surface area contributed by atoms with Gasteiger partial charge in [0.15, 0.2) is 0 Å². The highest BCUT2D eigenvalue weighted by Gasteiger charge is 1.99. The Bertz CT molecular complexity index is 363. The lowest BCUT2D eigenvalue weighted by Crippen LogP contribution is -2.06. The average Bonchev–Trinajstić information content (AvgIpc) is 2.45. The van der Waals surface area contributed by atoms with Gasteiger partial charge in [-0.1, -0.05) is 58.8 Å². The predicted molar refractivity (Wildman–Crippen MR) is 87.2 cm³/mol. The number of nitrogens with zero attached hydrogens (tertiary/aromatic N) is 2. The van der Waals surface area contributed by atoms with Gasteiger partial charge in [0.2, 0.25) is 0 Å². The van der Waals surface area contributed by atoms with Gasteiger partial charge in [-0.2, -0.15) is 0 Å². The number of hydrogen-bond donors (Lipinski definition) is 1. The van der Waals surface area contributed by atoms with Crippen molar-refractivity contribution < 1.29 is 0 Å². The number of nitrogens with one attached hydrogen (secondary N) is 1. The molecule has 1 heterocycles. The lowest BCUT2D eigenvalue weighted by Gasteiger charge is -2.08. The first-order chi connectivity index (χ1) is 9.76. The molecule has 114 valence electrons. The molecule has 0 aliphatic carbocycles. The van der Waals surface area contributed by atoms with Crippen molar-refractivity contribution in [3.8, 4) is 0 Å². The molecule has 3 nitrogen and oxygen atoms in total. The molecule has 0 aliphatic heterocycles. The summed E-state index contributed by atoms with van der Waals surface area (Å²) in [6, 6.07) is 2.07. The zero-order chi connectivity index (χ0) is 14.6. The summed E-state index contributed by atoms with van der Waals surface area (Å²) in [6.45, 7) is 7.38. The van der Waals surface area contributed by atoms with Crippen LogP contribution in [0.15, 0.2) is 6.07 Å². The molecular formula is C17H31N3. The second-order valence-electron chi connectivity index (χ2n) is 5.55. The van der Waals surface area contributed by atoms with E-state index >= 15 is 0 Å². The average molecular weight is 277 g/mol. The van der Waals surface area contributed by atoms with Crippen LogP contribution in [0.2, 0.25) is 0 Å². The standard InChI is InChI=1S/C17H31N3/c1-4-6-7-8-9-10-11-12-13-18-17-14-16(5-2)19-15(3)20-17/h14H,4-13H2,1-3H3,(H,18,19,20). The van der Waals surface area contributed by atoms with Crippen LogP contribution >= 0.6 is 0 Å². The van der Waals surface area contributed by atoms with E-state index in [0.717, 1.165) is 30.3 Å². The fourth-order valence-corrected chi connectivity index (χ4v) is 2.38. The zero-order valence-corrected chi connectivity index (χ0v) is 13.5. The molecule has 0 aliphatic rings. The Morgan fingerprint density at radius 1 is 0.900 bits per heavy atom. The normalized spacial score (nSPS) is 10.8. The third-order valence-electron chi connectivity index (χ3n) is 3.59. The van der Waals surface area contributed by atoms with Crippen LogP contribution in [0.3, 0.4) is 0 Å². The molecular weight excluding hydrogens is 246 g/mol. The van der Waals surface area contributed by atoms with Crippen LogP contribution in [-0.2, 0) is 6.42 Å². The van der Waals surface area contributed by atoms with Gasteiger partial charge in [-0.05, 0) is 19.8 Å². The van der Waals surface area contributed by atoms with Gasteiger partial charge in [0.1, 0.15) is 11.6 Å². The maximum Gasteiger partial charge on any atom is 0.129 e. The fraction of sp³-hybridized carbons (Fsp3) is 0.765. The molecule has 0 fully saturated rings. The van der Waals surface area contributed by atoms with E-state index < -0.39 is 0 Å². The topological polar surface area (TPSA) is 37.8 Å². The number of aromatic nitrogens is 2. The van der Waals surface area contributed by atoms with E-state index in [2.05, 4.69) is 35.2 Å². The summed E-state index contributed by atoms with van der Waals surface area (Å²) in [4.78, 5) is 8.82. The van der Waals surface area contributed by atoms with Crippen LogP contribution in [0.25, 0.3) is 0 Å². The quantitative estimate of drug-likeness (QED) is 0.585. The van der Waals surface area contributed by atoms with Crippen molar-refractivity contribution in [1.82, 2.24) is 9.97 Å². The largest absolute Gasteiger partial charge is 0.370 e. The van der Waals surface area contributed by atoms with E-state index in [1.165, 1.54) is 51.4 Å². The molecule has 20 heavy (non-hydrogen) atoms. The van der Waals surface area contributed by atoms with Gasteiger partial charge in [0, 0.05) is 18.3 Å². The van der Waals surface area contributed by atoms with Gasteiger partial charge in [-0.25, -0.2) is 9.97 Å². The van der Waals surface area contributed by atoms with Gasteiger partial charge in [-0.3, -0.25) is 0 Å². The minimum absolute atomic E-state index is 0.864. The molecule has 0 aromatic carbocycles. The fourth-order valence-electron chi connectivity index (χ4n) is 2.38. The van der Waals surface area contributed by atoms with Crippen LogP contribution in [0.1, 0.15) is 76.7 Å². The lowest BCUT2D eigenvalue weighted by molar-refractivity contribution is 0.581. The summed E-state index contributed by atoms with van der Waals surface area (Å²) >= 11 is 0. The minimum Gasteiger partial charge on any atom is -0.370 e. The number of rotatable bonds is 11. The Labute approximate surface area is 124 Å². The van der Waals surface area contributed by atoms with Crippen molar-refractivity contribution in [1.29, 1.82) is 0 Å². The Kier molecular flexibility index (Phi) is 9.01. The zero-order valence-electron chi connectivity index (χ0n) is 13.5. The molecule has 0 radical (unpaired) electrons. The molecule has 1 rings (SSSR count). The second kappa shape index (κ2) is 10.6. The molecule has 0 spiro atoms. The SMILES string of the molecule is CCCCCCCCCCNc1cc(CC)nc(C)n1. The molecule has 3 heteroatoms. The molecule has 1 N–H and O–H groups in total. The van der Waals surface area contributed by atoms with Crippen molar-refractivity contribution in [2.45, 2.75) is 78.6 Å². The van der Waals surface area contributed by atoms with Crippen LogP contribution in [0, 0.1) is 6.92 Å². The van der Waals surface area contributed by atoms with Gasteiger partial charge in [-0.15, -0.1) is 0 Å². The first-order valence-electron chi connectivity index (χ1n) is 8.34. The first-order valence-corrected chi connectivity index (χ1v) is 8.34. The lowest BCUT2D eigenvalue weighted by atomic mass is 10.1. The summed E-state index contributed by atoms with van der Waals surface area (Å²) in [5.41, 5.74) is 1.12. The summed E-state index contributed by atoms with van der Waals surface area (Å²) < 4.78 is 0. The van der Waals surface area contributed by atoms with E-state index in [0.29, 0.717) is 0 Å². The van der Waals surface area contributed by atoms with E-state index in [1.54, 1.807) is 0 Å². The van der Waals surface area contributed by atoms with E-state index in [1.807, 2.05) is 6.92 Å². The minimum atomic E-state index is 0.864. The van der Waals surface area contributed by atoms with E-state index in [4.69, 9.17) is 0 Å². The third-order valence-corrected chi connectivity index (χ3v) is 3.59. The highest BCUT2D eigenvalue weighted by Crippen LogP contribution is 2.10. The molecule has 0 unspecified atom stereocenters. The van der Waals surface area contributed by atoms with Crippen molar-refractivity contribution in [3.63, 3.8) is 0 Å². The highest BCUT2D eigenvalue weighted by atomic mass is 15.0. The predicted octanol–water partition coefficient (Wildman–Crippen LogP) is 4.90. The Morgan fingerprint density at radius 2 is 1.55 bits per heavy atom. The molecule has 1 aromatic heterocycles. The smallest absolute Gasteiger partial charge is 0.129 e. The Hall–Kier alpha value is -1.12. The highest BCUT2D eigenvalue weighted by molar-refractivity contribution is 5.35. The first kappa shape index (κ1) is 16.9. The van der Waals surface area contributed by atoms with Crippen molar-refractivity contribution in [2.75, 3.05) is 11.9 Å². The van der Waals surface area contributed by atoms with E-state index in [-0.39, 0.29) is 0 Å². The van der Waals surface area contributed by atoms with Crippen LogP contribution in [0.5, 0.6) is 0 Å². The van der Waals surface area contributed by atoms with Crippen LogP contribution in [0.4, 0.5) is 5.82 Å². The van der Waals surface area contributed by atoms with Crippen molar-refractivity contribution in [3.05, 3.63) is 17.6 Å². The van der Waals surface area contributed by atoms with Gasteiger partial charge in [0.05, 0.1) is 0 Å². The van der Waals surface area contributed by atoms with Gasteiger partial charge >= 0.3 is 0 Å². The van der Waals surface area contributed by atoms with E-state index in [9.17, 15) is 0 Å². The molecule has 0 saturated carbocycles. The van der Waals surface area contributed by atoms with Gasteiger partial charge < -0.3 is 5.32 Å². The second-order valence-corrected chi connectivity index (χ2v) is 5.55. The number of aryl methyl sites for hydroxylation is 2. The molecule has 0 amide bonds. The maximum atomic E-state index is 4.43. The maximum absolute atomic E-state index is 4.43. The van der Waals surface area contributed by atoms with Crippen LogP contribution < -0.4 is 5.32 Å². The molecule has 1 aromatic rings. The number of unbranched alkanes of at least 4 members (excludes halogenated alkanes) is 7. The molecule has 0 atom stereocenters. The Balaban J connectivity index is 2.08. The monoisotopic (exact) mass is 277 g/mol. The number of anilines is 1. The summed E-state index contributed by atoms with van der Waals surface area (Å²) in [7, 11) is 0. The van der Waals surface area contributed by atoms with Crippen LogP contribution in [-0.4, -0.2) is 16.5 Å². The summed E-state index contributed by atoms with van der Waals surface area (Å²) in [5, 5.41) is 3.42. The van der Waals surface area contributed by atoms with Crippen molar-refractivity contribution >= 4 is 5.82 Å². The number of hydrogen-bond acceptors (Lipinski definition) is 3. The summed E-state index contributed by atoms with van der Waals surface area (Å²) in [5.74, 6) is 1.85. The van der Waals surface area contributed by atoms with Crippen molar-refractivity contribution in [2.24, 2.45) is 0 Å². The summed E-state index contributed by atoms with van der Waals surface area (Å²) in [6.07, 6.45) is 11.8. The Morgan fingerprint density at radius 3 is 2.20 bits per heavy atom. The third kappa shape index (κ3) is 7.46.